The van der Waals surface area contributed by atoms with Crippen molar-refractivity contribution in [3.05, 3.63) is 340 Å². The zero-order valence-electron chi connectivity index (χ0n) is 52.0. The lowest BCUT2D eigenvalue weighted by atomic mass is 9.99. The third-order valence-electron chi connectivity index (χ3n) is 19.9. The smallest absolute Gasteiger partial charge is 0.160 e. The fourth-order valence-electron chi connectivity index (χ4n) is 15.5. The van der Waals surface area contributed by atoms with Crippen molar-refractivity contribution in [2.24, 2.45) is 0 Å². The monoisotopic (exact) mass is 1220 g/mol. The molecule has 0 radical (unpaired) electrons. The first-order valence-electron chi connectivity index (χ1n) is 32.9. The molecule has 5 aromatic heterocycles. The second-order valence-electron chi connectivity index (χ2n) is 25.3. The van der Waals surface area contributed by atoms with E-state index in [1.807, 2.05) is 0 Å². The zero-order valence-corrected chi connectivity index (χ0v) is 52.0. The van der Waals surface area contributed by atoms with Crippen LogP contribution in [0.3, 0.4) is 0 Å². The van der Waals surface area contributed by atoms with Crippen LogP contribution in [0.2, 0.25) is 0 Å². The van der Waals surface area contributed by atoms with Crippen LogP contribution in [0.4, 0.5) is 0 Å². The highest BCUT2D eigenvalue weighted by molar-refractivity contribution is 6.16. The normalized spacial score (nSPS) is 12.0. The molecule has 0 spiro atoms. The lowest BCUT2D eigenvalue weighted by Gasteiger charge is -2.17. The molecule has 0 aliphatic heterocycles. The van der Waals surface area contributed by atoms with Gasteiger partial charge in [-0.3, -0.25) is 0 Å². The van der Waals surface area contributed by atoms with E-state index < -0.39 is 0 Å². The minimum absolute atomic E-state index is 0.663. The van der Waals surface area contributed by atoms with Gasteiger partial charge in [0, 0.05) is 87.7 Å². The first-order valence-corrected chi connectivity index (χ1v) is 32.9. The van der Waals surface area contributed by atoms with Gasteiger partial charge in [-0.25, -0.2) is 9.97 Å². The molecule has 15 aromatic carbocycles. The highest BCUT2D eigenvalue weighted by Crippen LogP contribution is 2.44. The first-order chi connectivity index (χ1) is 47.6. The van der Waals surface area contributed by atoms with E-state index in [9.17, 15) is 0 Å². The van der Waals surface area contributed by atoms with Gasteiger partial charge in [0.2, 0.25) is 0 Å². The van der Waals surface area contributed by atoms with Crippen LogP contribution in [0.5, 0.6) is 0 Å². The molecule has 6 nitrogen and oxygen atoms in total. The van der Waals surface area contributed by atoms with Crippen LogP contribution in [0.15, 0.2) is 340 Å². The number of fused-ring (bicyclic) bond motifs is 15. The molecule has 0 aliphatic rings. The molecule has 6 heteroatoms. The fourth-order valence-corrected chi connectivity index (χ4v) is 15.5. The third kappa shape index (κ3) is 8.39. The number of benzene rings is 15. The van der Waals surface area contributed by atoms with E-state index >= 15 is 0 Å². The molecule has 0 unspecified atom stereocenters. The molecule has 0 aliphatic carbocycles. The minimum Gasteiger partial charge on any atom is -0.309 e. The zero-order chi connectivity index (χ0) is 63.0. The standard InChI is InChI=1S/C90H56N6/c1-4-20-57(21-5-1)58-36-38-60(39-37-58)90-91-88(77-47-40-59-22-10-11-27-70(59)89(77)92-90)65-50-68(95-80-32-16-12-28-71(80)75-45-41-63(54-86(75)95)61-43-48-84-78(52-61)73-30-14-18-34-82(73)93(84)66-23-6-2-7-24-66)56-69(51-65)96-81-33-17-13-29-72(81)76-46-42-64(55-87(76)96)62-44-49-85-79(53-62)74-31-15-19-35-83(74)94(85)67-25-8-3-9-26-67/h1-56H. The van der Waals surface area contributed by atoms with Gasteiger partial charge >= 0.3 is 0 Å². The van der Waals surface area contributed by atoms with Crippen LogP contribution >= 0.6 is 0 Å². The molecule has 0 N–H and O–H groups in total. The van der Waals surface area contributed by atoms with Crippen molar-refractivity contribution in [3.63, 3.8) is 0 Å². The molecule has 5 heterocycles. The van der Waals surface area contributed by atoms with Crippen molar-refractivity contribution in [3.8, 4) is 78.8 Å². The SMILES string of the molecule is c1ccc(-c2ccc(-c3nc(-c4cc(-n5c6ccccc6c6ccc(-c7ccc8c(c7)c7ccccc7n8-c7ccccc7)cc65)cc(-n5c6ccccc6c6ccc(-c7ccc8c(c7)c7ccccc7n8-c7ccccc7)cc65)c4)c4ccc5ccccc5c4n3)cc2)cc1. The third-order valence-corrected chi connectivity index (χ3v) is 19.9. The van der Waals surface area contributed by atoms with Crippen LogP contribution in [0.1, 0.15) is 0 Å². The van der Waals surface area contributed by atoms with Crippen LogP contribution in [0, 0.1) is 0 Å². The van der Waals surface area contributed by atoms with Gasteiger partial charge in [-0.2, -0.15) is 0 Å². The maximum atomic E-state index is 5.75. The predicted octanol–water partition coefficient (Wildman–Crippen LogP) is 23.5. The number of hydrogen-bond donors (Lipinski definition) is 0. The van der Waals surface area contributed by atoms with E-state index in [1.165, 1.54) is 65.2 Å². The number of para-hydroxylation sites is 6. The Hall–Kier alpha value is -12.9. The van der Waals surface area contributed by atoms with E-state index in [2.05, 4.69) is 358 Å². The number of rotatable bonds is 9. The summed E-state index contributed by atoms with van der Waals surface area (Å²) in [5, 5.41) is 12.8. The summed E-state index contributed by atoms with van der Waals surface area (Å²) in [6, 6.07) is 124. The fraction of sp³-hybridized carbons (Fsp3) is 0. The molecule has 446 valence electrons. The van der Waals surface area contributed by atoms with E-state index in [0.29, 0.717) is 5.82 Å². The van der Waals surface area contributed by atoms with Crippen LogP contribution in [-0.4, -0.2) is 28.2 Å². The minimum atomic E-state index is 0.663. The van der Waals surface area contributed by atoms with Crippen molar-refractivity contribution >= 4 is 109 Å². The average molecular weight is 1220 g/mol. The Kier molecular flexibility index (Phi) is 11.9. The molecule has 0 saturated heterocycles. The summed E-state index contributed by atoms with van der Waals surface area (Å²) >= 11 is 0. The lowest BCUT2D eigenvalue weighted by molar-refractivity contribution is 1.13. The Morgan fingerprint density at radius 3 is 1.04 bits per heavy atom. The summed E-state index contributed by atoms with van der Waals surface area (Å²) in [5.41, 5.74) is 24.0. The Bertz CT molecular complexity index is 6260. The largest absolute Gasteiger partial charge is 0.309 e. The van der Waals surface area contributed by atoms with Gasteiger partial charge in [0.1, 0.15) is 0 Å². The van der Waals surface area contributed by atoms with Gasteiger partial charge in [0.25, 0.3) is 0 Å². The van der Waals surface area contributed by atoms with E-state index in [1.54, 1.807) is 0 Å². The van der Waals surface area contributed by atoms with Crippen molar-refractivity contribution in [2.75, 3.05) is 0 Å². The summed E-state index contributed by atoms with van der Waals surface area (Å²) in [6.07, 6.45) is 0. The summed E-state index contributed by atoms with van der Waals surface area (Å²) in [5.74, 6) is 0.663. The lowest BCUT2D eigenvalue weighted by Crippen LogP contribution is -2.02. The van der Waals surface area contributed by atoms with Crippen LogP contribution in [0.25, 0.3) is 188 Å². The highest BCUT2D eigenvalue weighted by Gasteiger charge is 2.23. The number of nitrogens with zero attached hydrogens (tertiary/aromatic N) is 6. The maximum absolute atomic E-state index is 5.75. The molecule has 0 bridgehead atoms. The van der Waals surface area contributed by atoms with Gasteiger partial charge in [0.05, 0.1) is 55.3 Å². The van der Waals surface area contributed by atoms with Gasteiger partial charge in [-0.1, -0.05) is 231 Å². The molecule has 20 aromatic rings. The Morgan fingerprint density at radius 1 is 0.177 bits per heavy atom. The summed E-state index contributed by atoms with van der Waals surface area (Å²) in [4.78, 5) is 11.3. The summed E-state index contributed by atoms with van der Waals surface area (Å²) in [6.45, 7) is 0. The predicted molar refractivity (Wildman–Crippen MR) is 402 cm³/mol. The molecular formula is C90H56N6. The van der Waals surface area contributed by atoms with Gasteiger partial charge in [0.15, 0.2) is 5.82 Å². The van der Waals surface area contributed by atoms with E-state index in [4.69, 9.17) is 9.97 Å². The first kappa shape index (κ1) is 53.7. The molecule has 0 amide bonds. The molecule has 0 saturated carbocycles. The highest BCUT2D eigenvalue weighted by atomic mass is 15.0. The topological polar surface area (TPSA) is 45.5 Å². The molecular weight excluding hydrogens is 1170 g/mol. The molecule has 20 rings (SSSR count). The second kappa shape index (κ2) is 21.3. The summed E-state index contributed by atoms with van der Waals surface area (Å²) in [7, 11) is 0. The Balaban J connectivity index is 0.839. The molecule has 0 fully saturated rings. The van der Waals surface area contributed by atoms with Gasteiger partial charge in [-0.15, -0.1) is 0 Å². The quantitative estimate of drug-likeness (QED) is 0.135. The number of aromatic nitrogens is 6. The van der Waals surface area contributed by atoms with Crippen molar-refractivity contribution < 1.29 is 0 Å². The molecule has 0 atom stereocenters. The second-order valence-corrected chi connectivity index (χ2v) is 25.3. The number of hydrogen-bond acceptors (Lipinski definition) is 2. The maximum Gasteiger partial charge on any atom is 0.160 e. The summed E-state index contributed by atoms with van der Waals surface area (Å²) < 4.78 is 9.75. The van der Waals surface area contributed by atoms with Crippen molar-refractivity contribution in [2.45, 2.75) is 0 Å². The average Bonchev–Trinajstić information content (AvgIpc) is 1.51. The Labute approximate surface area is 552 Å². The van der Waals surface area contributed by atoms with E-state index in [-0.39, 0.29) is 0 Å². The van der Waals surface area contributed by atoms with Crippen LogP contribution < -0.4 is 0 Å². The Morgan fingerprint density at radius 2 is 0.531 bits per heavy atom. The van der Waals surface area contributed by atoms with Gasteiger partial charge < -0.3 is 18.3 Å². The van der Waals surface area contributed by atoms with Crippen molar-refractivity contribution in [1.29, 1.82) is 0 Å². The van der Waals surface area contributed by atoms with Gasteiger partial charge in [-0.05, 0) is 148 Å². The van der Waals surface area contributed by atoms with Crippen LogP contribution in [-0.2, 0) is 0 Å². The molecule has 96 heavy (non-hydrogen) atoms. The van der Waals surface area contributed by atoms with Crippen molar-refractivity contribution in [1.82, 2.24) is 28.2 Å². The van der Waals surface area contributed by atoms with E-state index in [0.717, 1.165) is 117 Å².